The van der Waals surface area contributed by atoms with Crippen molar-refractivity contribution in [3.63, 3.8) is 0 Å². The van der Waals surface area contributed by atoms with Gasteiger partial charge in [-0.3, -0.25) is 0 Å². The van der Waals surface area contributed by atoms with Crippen molar-refractivity contribution < 1.29 is 0 Å². The summed E-state index contributed by atoms with van der Waals surface area (Å²) in [5.41, 5.74) is 0. The van der Waals surface area contributed by atoms with E-state index in [4.69, 9.17) is 10.7 Å². The molecule has 0 aromatic heterocycles. The lowest BCUT2D eigenvalue weighted by Gasteiger charge is -1.95. The number of halogens is 1. The van der Waals surface area contributed by atoms with E-state index in [0.29, 0.717) is 0 Å². The molecule has 3 heteroatoms. The van der Waals surface area contributed by atoms with Gasteiger partial charge < -0.3 is 0 Å². The van der Waals surface area contributed by atoms with Crippen LogP contribution in [0.5, 0.6) is 0 Å². The molecule has 0 rings (SSSR count). The third kappa shape index (κ3) is 4.60. The quantitative estimate of drug-likeness (QED) is 0.470. The summed E-state index contributed by atoms with van der Waals surface area (Å²) >= 11 is 1.19. The van der Waals surface area contributed by atoms with Crippen molar-refractivity contribution in [2.75, 3.05) is 14.1 Å². The molecule has 0 bridgehead atoms. The van der Waals surface area contributed by atoms with Gasteiger partial charge in [-0.2, -0.15) is 0 Å². The van der Waals surface area contributed by atoms with Crippen LogP contribution >= 0.6 is 21.8 Å². The zero-order valence-electron chi connectivity index (χ0n) is 3.23. The van der Waals surface area contributed by atoms with Gasteiger partial charge in [0.1, 0.15) is 0 Å². The Morgan fingerprint density at radius 1 is 1.60 bits per heavy atom. The van der Waals surface area contributed by atoms with Gasteiger partial charge in [0.15, 0.2) is 0 Å². The zero-order valence-corrected chi connectivity index (χ0v) is 4.81. The van der Waals surface area contributed by atoms with Crippen LogP contribution < -0.4 is 0 Å². The van der Waals surface area contributed by atoms with Gasteiger partial charge in [0.25, 0.3) is 0 Å². The zero-order chi connectivity index (χ0) is 4.28. The van der Waals surface area contributed by atoms with Gasteiger partial charge in [-0.1, -0.05) is 0 Å². The lowest BCUT2D eigenvalue weighted by atomic mass is 11.3. The van der Waals surface area contributed by atoms with E-state index in [1.54, 1.807) is 0 Å². The molecule has 0 fully saturated rings. The van der Waals surface area contributed by atoms with Crippen molar-refractivity contribution in [2.45, 2.75) is 0 Å². The van der Waals surface area contributed by atoms with Gasteiger partial charge in [0.2, 0.25) is 0 Å². The molecule has 0 spiro atoms. The first-order valence-corrected chi connectivity index (χ1v) is 2.83. The smallest absolute Gasteiger partial charge is 0.0301 e. The van der Waals surface area contributed by atoms with Crippen LogP contribution in [-0.4, -0.2) is 18.4 Å². The molecule has 0 atom stereocenters. The Hall–Kier alpha value is 0.600. The minimum atomic E-state index is 1.19. The average molecular weight is 112 g/mol. The Morgan fingerprint density at radius 3 is 1.80 bits per heavy atom. The summed E-state index contributed by atoms with van der Waals surface area (Å²) in [6.45, 7) is 0. The van der Waals surface area contributed by atoms with E-state index in [1.807, 2.05) is 18.4 Å². The number of nitrogens with zero attached hydrogens (tertiary/aromatic N) is 1. The predicted octanol–water partition coefficient (Wildman–Crippen LogP) is 1.35. The second-order valence-electron chi connectivity index (χ2n) is 0.881. The van der Waals surface area contributed by atoms with Crippen LogP contribution in [0.1, 0.15) is 0 Å². The van der Waals surface area contributed by atoms with Crippen LogP contribution in [0.25, 0.3) is 0 Å². The van der Waals surface area contributed by atoms with Crippen molar-refractivity contribution in [1.29, 1.82) is 0 Å². The molecule has 0 aliphatic heterocycles. The molecule has 0 saturated heterocycles. The molecule has 0 aliphatic carbocycles. The minimum absolute atomic E-state index is 1.19. The highest BCUT2D eigenvalue weighted by Crippen LogP contribution is 2.06. The first-order valence-electron chi connectivity index (χ1n) is 1.23. The van der Waals surface area contributed by atoms with E-state index in [0.717, 1.165) is 0 Å². The molecule has 0 amide bonds. The Bertz CT molecular complexity index is 23.6. The molecular formula is C2H6ClNS. The van der Waals surface area contributed by atoms with Gasteiger partial charge in [0.05, 0.1) is 0 Å². The first kappa shape index (κ1) is 5.60. The lowest BCUT2D eigenvalue weighted by Crippen LogP contribution is -1.93. The molecule has 0 aromatic carbocycles. The maximum Gasteiger partial charge on any atom is 0.0301 e. The normalized spacial score (nSPS) is 9.60. The summed E-state index contributed by atoms with van der Waals surface area (Å²) in [6, 6.07) is 0. The van der Waals surface area contributed by atoms with Crippen molar-refractivity contribution >= 4 is 21.8 Å². The van der Waals surface area contributed by atoms with Gasteiger partial charge in [-0.15, -0.1) is 0 Å². The van der Waals surface area contributed by atoms with Gasteiger partial charge in [0, 0.05) is 11.2 Å². The summed E-state index contributed by atoms with van der Waals surface area (Å²) in [5, 5.41) is 0. The van der Waals surface area contributed by atoms with Crippen molar-refractivity contribution in [3.05, 3.63) is 0 Å². The van der Waals surface area contributed by atoms with Crippen molar-refractivity contribution in [3.8, 4) is 0 Å². The molecule has 0 aromatic rings. The Kier molecular flexibility index (Phi) is 3.16. The van der Waals surface area contributed by atoms with E-state index >= 15 is 0 Å². The van der Waals surface area contributed by atoms with Gasteiger partial charge in [-0.25, -0.2) is 4.31 Å². The SMILES string of the molecule is CN(C)SCl. The molecule has 1 nitrogen and oxygen atoms in total. The standard InChI is InChI=1S/C2H6ClNS/c1-4(2)5-3/h1-2H3. The Morgan fingerprint density at radius 2 is 1.80 bits per heavy atom. The largest absolute Gasteiger partial charge is 0.243 e. The lowest BCUT2D eigenvalue weighted by molar-refractivity contribution is 0.711. The highest BCUT2D eigenvalue weighted by Gasteiger charge is 1.76. The van der Waals surface area contributed by atoms with Gasteiger partial charge in [-0.05, 0) is 24.8 Å². The maximum atomic E-state index is 5.18. The fraction of sp³-hybridized carbons (Fsp3) is 1.00. The van der Waals surface area contributed by atoms with Crippen LogP contribution in [0.3, 0.4) is 0 Å². The molecule has 0 radical (unpaired) electrons. The molecule has 0 aliphatic rings. The topological polar surface area (TPSA) is 3.24 Å². The van der Waals surface area contributed by atoms with Crippen LogP contribution in [-0.2, 0) is 0 Å². The molecule has 0 unspecified atom stereocenters. The maximum absolute atomic E-state index is 5.18. The Labute approximate surface area is 40.9 Å². The van der Waals surface area contributed by atoms with E-state index in [1.165, 1.54) is 11.2 Å². The molecular weight excluding hydrogens is 106 g/mol. The highest BCUT2D eigenvalue weighted by atomic mass is 35.7. The summed E-state index contributed by atoms with van der Waals surface area (Å²) in [7, 11) is 8.95. The van der Waals surface area contributed by atoms with E-state index in [-0.39, 0.29) is 0 Å². The molecule has 32 valence electrons. The fourth-order valence-corrected chi connectivity index (χ4v) is 0. The minimum Gasteiger partial charge on any atom is -0.243 e. The van der Waals surface area contributed by atoms with Crippen LogP contribution in [0.2, 0.25) is 0 Å². The predicted molar refractivity (Wildman–Crippen MR) is 27.1 cm³/mol. The molecule has 0 saturated carbocycles. The Balaban J connectivity index is 2.54. The second-order valence-corrected chi connectivity index (χ2v) is 2.16. The molecule has 0 heterocycles. The van der Waals surface area contributed by atoms with Crippen molar-refractivity contribution in [2.24, 2.45) is 0 Å². The monoisotopic (exact) mass is 111 g/mol. The number of hydrogen-bond acceptors (Lipinski definition) is 2. The van der Waals surface area contributed by atoms with E-state index in [9.17, 15) is 0 Å². The van der Waals surface area contributed by atoms with Crippen LogP contribution in [0.4, 0.5) is 0 Å². The summed E-state index contributed by atoms with van der Waals surface area (Å²) in [4.78, 5) is 0. The number of hydrogen-bond donors (Lipinski definition) is 0. The first-order chi connectivity index (χ1) is 2.27. The third-order valence-corrected chi connectivity index (χ3v) is 1.24. The third-order valence-electron chi connectivity index (χ3n) is 0.138. The van der Waals surface area contributed by atoms with Crippen LogP contribution in [0.15, 0.2) is 0 Å². The van der Waals surface area contributed by atoms with E-state index in [2.05, 4.69) is 0 Å². The fourth-order valence-electron chi connectivity index (χ4n) is 0. The average Bonchev–Trinajstić information content (AvgIpc) is 1.38. The van der Waals surface area contributed by atoms with E-state index < -0.39 is 0 Å². The summed E-state index contributed by atoms with van der Waals surface area (Å²) in [5.74, 6) is 0. The van der Waals surface area contributed by atoms with Crippen LogP contribution in [0, 0.1) is 0 Å². The molecule has 0 N–H and O–H groups in total. The second kappa shape index (κ2) is 2.82. The highest BCUT2D eigenvalue weighted by molar-refractivity contribution is 8.19. The number of rotatable bonds is 1. The van der Waals surface area contributed by atoms with Crippen molar-refractivity contribution in [1.82, 2.24) is 4.31 Å². The van der Waals surface area contributed by atoms with Gasteiger partial charge >= 0.3 is 0 Å². The molecule has 5 heavy (non-hydrogen) atoms. The summed E-state index contributed by atoms with van der Waals surface area (Å²) < 4.78 is 1.81. The summed E-state index contributed by atoms with van der Waals surface area (Å²) in [6.07, 6.45) is 0.